The smallest absolute Gasteiger partial charge is 0.323 e. The van der Waals surface area contributed by atoms with Crippen LogP contribution in [0.4, 0.5) is 0 Å². The highest BCUT2D eigenvalue weighted by molar-refractivity contribution is 8.26. The normalized spacial score (nSPS) is 17.8. The maximum atomic E-state index is 12.5. The van der Waals surface area contributed by atoms with E-state index in [4.69, 9.17) is 17.3 Å². The van der Waals surface area contributed by atoms with Crippen molar-refractivity contribution >= 4 is 57.9 Å². The molecule has 1 fully saturated rings. The van der Waals surface area contributed by atoms with Gasteiger partial charge in [0.1, 0.15) is 10.9 Å². The van der Waals surface area contributed by atoms with Crippen molar-refractivity contribution in [3.05, 3.63) is 100.0 Å². The number of carbonyl (C=O) groups excluding carboxylic acids is 1. The number of carbonyl (C=O) groups is 2. The second kappa shape index (κ2) is 9.94. The Labute approximate surface area is 196 Å². The van der Waals surface area contributed by atoms with Crippen LogP contribution in [0.2, 0.25) is 0 Å². The predicted octanol–water partition coefficient (Wildman–Crippen LogP) is 5.79. The molecule has 1 aliphatic heterocycles. The average molecular weight is 460 g/mol. The van der Waals surface area contributed by atoms with E-state index in [0.29, 0.717) is 4.91 Å². The summed E-state index contributed by atoms with van der Waals surface area (Å²) in [5, 5.41) is 8.97. The van der Waals surface area contributed by atoms with E-state index in [1.165, 1.54) is 11.1 Å². The van der Waals surface area contributed by atoms with Gasteiger partial charge in [-0.3, -0.25) is 14.5 Å². The first-order valence-electron chi connectivity index (χ1n) is 10.2. The molecule has 0 saturated carbocycles. The third-order valence-corrected chi connectivity index (χ3v) is 6.48. The second-order valence-electron chi connectivity index (χ2n) is 7.39. The summed E-state index contributed by atoms with van der Waals surface area (Å²) in [6.07, 6.45) is 12.7. The summed E-state index contributed by atoms with van der Waals surface area (Å²) in [4.78, 5) is 25.0. The summed E-state index contributed by atoms with van der Waals surface area (Å²) in [5.41, 5.74) is 5.46. The topological polar surface area (TPSA) is 57.6 Å². The third-order valence-electron chi connectivity index (χ3n) is 5.10. The summed E-state index contributed by atoms with van der Waals surface area (Å²) in [6.45, 7) is -0.418. The minimum atomic E-state index is -1.09. The van der Waals surface area contributed by atoms with E-state index in [9.17, 15) is 9.59 Å². The molecule has 0 spiro atoms. The van der Waals surface area contributed by atoms with E-state index >= 15 is 0 Å². The Kier molecular flexibility index (Phi) is 6.83. The molecule has 2 aliphatic rings. The predicted molar refractivity (Wildman–Crippen MR) is 135 cm³/mol. The number of carboxylic acids is 1. The van der Waals surface area contributed by atoms with Gasteiger partial charge in [-0.2, -0.15) is 0 Å². The summed E-state index contributed by atoms with van der Waals surface area (Å²) >= 11 is 6.28. The van der Waals surface area contributed by atoms with Crippen LogP contribution in [0.15, 0.2) is 83.3 Å². The zero-order chi connectivity index (χ0) is 22.5. The summed E-state index contributed by atoms with van der Waals surface area (Å²) in [6, 6.07) is 18.2. The van der Waals surface area contributed by atoms with Crippen LogP contribution in [-0.2, 0) is 9.59 Å². The number of carboxylic acid groups (broad SMARTS) is 1. The van der Waals surface area contributed by atoms with Gasteiger partial charge in [0, 0.05) is 0 Å². The summed E-state index contributed by atoms with van der Waals surface area (Å²) < 4.78 is 0.268. The number of allylic oxidation sites excluding steroid dienone is 5. The van der Waals surface area contributed by atoms with Crippen molar-refractivity contribution in [2.45, 2.75) is 12.8 Å². The fourth-order valence-corrected chi connectivity index (χ4v) is 4.80. The van der Waals surface area contributed by atoms with Crippen LogP contribution in [0.5, 0.6) is 0 Å². The molecule has 1 heterocycles. The molecule has 0 bridgehead atoms. The number of benzene rings is 2. The highest BCUT2D eigenvalue weighted by atomic mass is 32.2. The Hall–Kier alpha value is -3.22. The lowest BCUT2D eigenvalue weighted by atomic mass is 9.92. The average Bonchev–Trinajstić information content (AvgIpc) is 3.06. The van der Waals surface area contributed by atoms with Crippen LogP contribution in [0, 0.1) is 0 Å². The number of hydrogen-bond acceptors (Lipinski definition) is 4. The molecule has 0 unspecified atom stereocenters. The summed E-state index contributed by atoms with van der Waals surface area (Å²) in [5.74, 6) is -1.45. The number of amides is 1. The standard InChI is InChI=1S/C26H21NO3S2/c28-24(29)17-27-25(30)23(32-26(27)31)16-19-13-11-18(12-14-19)15-22(20-7-3-1-4-8-20)21-9-5-2-6-10-21/h1,3-5,7-16H,2,6,17H2,(H,28,29)/b22-15+,23-16-. The van der Waals surface area contributed by atoms with Crippen molar-refractivity contribution in [2.75, 3.05) is 6.54 Å². The molecule has 1 N–H and O–H groups in total. The second-order valence-corrected chi connectivity index (χ2v) is 9.07. The van der Waals surface area contributed by atoms with Crippen LogP contribution >= 0.6 is 24.0 Å². The molecule has 0 atom stereocenters. The maximum Gasteiger partial charge on any atom is 0.323 e. The van der Waals surface area contributed by atoms with Crippen molar-refractivity contribution < 1.29 is 14.7 Å². The minimum Gasteiger partial charge on any atom is -0.480 e. The molecule has 4 rings (SSSR count). The number of hydrogen-bond donors (Lipinski definition) is 1. The van der Waals surface area contributed by atoms with Gasteiger partial charge in [-0.25, -0.2) is 0 Å². The number of rotatable bonds is 6. The first kappa shape index (κ1) is 22.0. The van der Waals surface area contributed by atoms with Crippen LogP contribution in [-0.4, -0.2) is 32.7 Å². The van der Waals surface area contributed by atoms with Gasteiger partial charge in [-0.15, -0.1) is 0 Å². The van der Waals surface area contributed by atoms with Crippen LogP contribution in [0.3, 0.4) is 0 Å². The van der Waals surface area contributed by atoms with Gasteiger partial charge in [0.25, 0.3) is 5.91 Å². The van der Waals surface area contributed by atoms with Crippen LogP contribution < -0.4 is 0 Å². The molecule has 32 heavy (non-hydrogen) atoms. The van der Waals surface area contributed by atoms with E-state index < -0.39 is 12.5 Å². The Balaban J connectivity index is 1.59. The zero-order valence-electron chi connectivity index (χ0n) is 17.2. The molecular formula is C26H21NO3S2. The van der Waals surface area contributed by atoms with Crippen molar-refractivity contribution in [1.82, 2.24) is 4.90 Å². The zero-order valence-corrected chi connectivity index (χ0v) is 18.9. The van der Waals surface area contributed by atoms with Crippen molar-refractivity contribution in [2.24, 2.45) is 0 Å². The fraction of sp³-hybridized carbons (Fsp3) is 0.115. The molecule has 160 valence electrons. The van der Waals surface area contributed by atoms with E-state index in [2.05, 4.69) is 36.4 Å². The monoisotopic (exact) mass is 459 g/mol. The largest absolute Gasteiger partial charge is 0.480 e. The molecule has 2 aromatic carbocycles. The van der Waals surface area contributed by atoms with Gasteiger partial charge in [0.15, 0.2) is 0 Å². The van der Waals surface area contributed by atoms with Gasteiger partial charge in [0.2, 0.25) is 0 Å². The number of nitrogens with zero attached hydrogens (tertiary/aromatic N) is 1. The van der Waals surface area contributed by atoms with Gasteiger partial charge in [-0.05, 0) is 52.8 Å². The Morgan fingerprint density at radius 3 is 2.44 bits per heavy atom. The van der Waals surface area contributed by atoms with Crippen molar-refractivity contribution in [3.63, 3.8) is 0 Å². The van der Waals surface area contributed by atoms with Crippen LogP contribution in [0.25, 0.3) is 17.7 Å². The number of aliphatic carboxylic acids is 1. The molecule has 6 heteroatoms. The van der Waals surface area contributed by atoms with Gasteiger partial charge >= 0.3 is 5.97 Å². The van der Waals surface area contributed by atoms with Gasteiger partial charge in [0.05, 0.1) is 4.91 Å². The van der Waals surface area contributed by atoms with E-state index in [1.54, 1.807) is 6.08 Å². The SMILES string of the molecule is O=C(O)CN1C(=O)/C(=C/c2ccc(/C=C(/C3=CCCC=C3)c3ccccc3)cc2)SC1=S. The molecule has 0 aromatic heterocycles. The summed E-state index contributed by atoms with van der Waals surface area (Å²) in [7, 11) is 0. The van der Waals surface area contributed by atoms with E-state index in [-0.39, 0.29) is 10.2 Å². The third kappa shape index (κ3) is 5.15. The van der Waals surface area contributed by atoms with E-state index in [1.807, 2.05) is 42.5 Å². The lowest BCUT2D eigenvalue weighted by Gasteiger charge is -2.13. The molecule has 1 saturated heterocycles. The molecule has 1 aliphatic carbocycles. The first-order valence-corrected chi connectivity index (χ1v) is 11.4. The fourth-order valence-electron chi connectivity index (χ4n) is 3.54. The van der Waals surface area contributed by atoms with Crippen LogP contribution in [0.1, 0.15) is 29.5 Å². The Bertz CT molecular complexity index is 1180. The van der Waals surface area contributed by atoms with Gasteiger partial charge in [-0.1, -0.05) is 96.8 Å². The number of thioether (sulfide) groups is 1. The van der Waals surface area contributed by atoms with Gasteiger partial charge < -0.3 is 5.11 Å². The minimum absolute atomic E-state index is 0.268. The molecular weight excluding hydrogens is 438 g/mol. The number of thiocarbonyl (C=S) groups is 1. The van der Waals surface area contributed by atoms with E-state index in [0.717, 1.165) is 46.2 Å². The lowest BCUT2D eigenvalue weighted by molar-refractivity contribution is -0.140. The molecule has 4 nitrogen and oxygen atoms in total. The molecule has 1 amide bonds. The Morgan fingerprint density at radius 1 is 1.06 bits per heavy atom. The molecule has 2 aromatic rings. The lowest BCUT2D eigenvalue weighted by Crippen LogP contribution is -2.33. The van der Waals surface area contributed by atoms with Crippen molar-refractivity contribution in [3.8, 4) is 0 Å². The highest BCUT2D eigenvalue weighted by Gasteiger charge is 2.33. The maximum absolute atomic E-state index is 12.5. The van der Waals surface area contributed by atoms with Crippen molar-refractivity contribution in [1.29, 1.82) is 0 Å². The molecule has 0 radical (unpaired) electrons. The quantitative estimate of drug-likeness (QED) is 0.337. The Morgan fingerprint density at radius 2 is 1.78 bits per heavy atom. The first-order chi connectivity index (χ1) is 15.5. The highest BCUT2D eigenvalue weighted by Crippen LogP contribution is 2.33.